The van der Waals surface area contributed by atoms with Crippen molar-refractivity contribution >= 4 is 17.0 Å². The summed E-state index contributed by atoms with van der Waals surface area (Å²) in [5.41, 5.74) is 2.18. The fraction of sp³-hybridized carbons (Fsp3) is 0.0833. The summed E-state index contributed by atoms with van der Waals surface area (Å²) in [6.07, 6.45) is 5.12. The Hall–Kier alpha value is -2.63. The highest BCUT2D eigenvalue weighted by molar-refractivity contribution is 6.00. The molecule has 0 bridgehead atoms. The van der Waals surface area contributed by atoms with Crippen molar-refractivity contribution in [2.75, 3.05) is 0 Å². The smallest absolute Gasteiger partial charge is 0.357 e. The minimum absolute atomic E-state index is 0.0474. The number of hydrogen-bond donors (Lipinski definition) is 2. The molecular weight excluding hydrogens is 232 g/mol. The average Bonchev–Trinajstić information content (AvgIpc) is 2.94. The van der Waals surface area contributed by atoms with Gasteiger partial charge in [0.15, 0.2) is 5.69 Å². The van der Waals surface area contributed by atoms with Crippen LogP contribution in [0.5, 0.6) is 0 Å². The first-order valence-electron chi connectivity index (χ1n) is 5.36. The number of carboxylic acids is 1. The predicted octanol–water partition coefficient (Wildman–Crippen LogP) is 1.66. The number of aromatic nitrogens is 4. The van der Waals surface area contributed by atoms with Gasteiger partial charge in [-0.2, -0.15) is 5.10 Å². The number of aryl methyl sites for hydroxylation is 1. The zero-order chi connectivity index (χ0) is 12.7. The number of carbonyl (C=O) groups is 1. The topological polar surface area (TPSA) is 83.8 Å². The van der Waals surface area contributed by atoms with Crippen LogP contribution in [0.15, 0.2) is 30.7 Å². The molecule has 6 heteroatoms. The van der Waals surface area contributed by atoms with E-state index in [4.69, 9.17) is 5.11 Å². The zero-order valence-electron chi connectivity index (χ0n) is 9.58. The van der Waals surface area contributed by atoms with Gasteiger partial charge in [0.1, 0.15) is 5.65 Å². The Bertz CT molecular complexity index is 741. The molecule has 3 aromatic rings. The molecule has 0 radical (unpaired) electrons. The van der Waals surface area contributed by atoms with Crippen LogP contribution in [-0.2, 0) is 7.05 Å². The van der Waals surface area contributed by atoms with Gasteiger partial charge in [-0.15, -0.1) is 0 Å². The summed E-state index contributed by atoms with van der Waals surface area (Å²) in [6.45, 7) is 0. The number of H-pyrrole nitrogens is 1. The van der Waals surface area contributed by atoms with E-state index in [1.54, 1.807) is 31.7 Å². The monoisotopic (exact) mass is 242 g/mol. The van der Waals surface area contributed by atoms with Gasteiger partial charge in [0, 0.05) is 36.6 Å². The van der Waals surface area contributed by atoms with Gasteiger partial charge in [0.2, 0.25) is 0 Å². The quantitative estimate of drug-likeness (QED) is 0.715. The summed E-state index contributed by atoms with van der Waals surface area (Å²) < 4.78 is 1.50. The van der Waals surface area contributed by atoms with E-state index in [-0.39, 0.29) is 5.69 Å². The maximum atomic E-state index is 11.2. The van der Waals surface area contributed by atoms with Gasteiger partial charge in [-0.3, -0.25) is 4.68 Å². The lowest BCUT2D eigenvalue weighted by atomic mass is 10.0. The number of fused-ring (bicyclic) bond motifs is 1. The summed E-state index contributed by atoms with van der Waals surface area (Å²) in [4.78, 5) is 18.4. The lowest BCUT2D eigenvalue weighted by Crippen LogP contribution is -2.00. The molecule has 3 aromatic heterocycles. The fourth-order valence-corrected chi connectivity index (χ4v) is 2.04. The van der Waals surface area contributed by atoms with Crippen molar-refractivity contribution in [3.63, 3.8) is 0 Å². The molecule has 90 valence electrons. The van der Waals surface area contributed by atoms with E-state index in [9.17, 15) is 4.79 Å². The van der Waals surface area contributed by atoms with Gasteiger partial charge >= 0.3 is 5.97 Å². The Kier molecular flexibility index (Phi) is 2.16. The number of carboxylic acid groups (broad SMARTS) is 1. The van der Waals surface area contributed by atoms with Crippen molar-refractivity contribution in [3.8, 4) is 11.1 Å². The fourth-order valence-electron chi connectivity index (χ4n) is 2.04. The third kappa shape index (κ3) is 1.46. The number of pyridine rings is 1. The van der Waals surface area contributed by atoms with Crippen molar-refractivity contribution in [1.29, 1.82) is 0 Å². The van der Waals surface area contributed by atoms with Gasteiger partial charge in [-0.1, -0.05) is 0 Å². The van der Waals surface area contributed by atoms with Gasteiger partial charge in [0.25, 0.3) is 0 Å². The minimum Gasteiger partial charge on any atom is -0.476 e. The highest BCUT2D eigenvalue weighted by Gasteiger charge is 2.18. The predicted molar refractivity (Wildman–Crippen MR) is 65.3 cm³/mol. The highest BCUT2D eigenvalue weighted by Crippen LogP contribution is 2.29. The van der Waals surface area contributed by atoms with Crippen LogP contribution in [0.25, 0.3) is 22.2 Å². The summed E-state index contributed by atoms with van der Waals surface area (Å²) in [7, 11) is 1.70. The molecule has 0 amide bonds. The number of aromatic carboxylic acids is 1. The van der Waals surface area contributed by atoms with E-state index in [0.717, 1.165) is 16.6 Å². The van der Waals surface area contributed by atoms with Crippen molar-refractivity contribution in [3.05, 3.63) is 36.4 Å². The maximum absolute atomic E-state index is 11.2. The minimum atomic E-state index is -1.04. The molecule has 3 heterocycles. The van der Waals surface area contributed by atoms with Crippen molar-refractivity contribution in [2.45, 2.75) is 0 Å². The van der Waals surface area contributed by atoms with Crippen LogP contribution in [-0.4, -0.2) is 30.8 Å². The van der Waals surface area contributed by atoms with Crippen molar-refractivity contribution in [1.82, 2.24) is 19.7 Å². The van der Waals surface area contributed by atoms with E-state index in [1.807, 2.05) is 6.07 Å². The summed E-state index contributed by atoms with van der Waals surface area (Å²) in [6, 6.07) is 3.66. The second kappa shape index (κ2) is 3.69. The molecule has 3 rings (SSSR count). The SMILES string of the molecule is Cn1cc(-c2ccnc3[nH]ccc23)c(C(=O)O)n1. The number of aromatic amines is 1. The largest absolute Gasteiger partial charge is 0.476 e. The van der Waals surface area contributed by atoms with Crippen LogP contribution in [0.1, 0.15) is 10.5 Å². The van der Waals surface area contributed by atoms with Crippen LogP contribution in [0.4, 0.5) is 0 Å². The average molecular weight is 242 g/mol. The van der Waals surface area contributed by atoms with E-state index in [2.05, 4.69) is 15.1 Å². The van der Waals surface area contributed by atoms with Crippen LogP contribution in [0.3, 0.4) is 0 Å². The molecule has 0 unspecified atom stereocenters. The number of hydrogen-bond acceptors (Lipinski definition) is 3. The Labute approximate surface area is 102 Å². The molecule has 0 fully saturated rings. The van der Waals surface area contributed by atoms with Gasteiger partial charge in [0.05, 0.1) is 0 Å². The van der Waals surface area contributed by atoms with Crippen LogP contribution in [0, 0.1) is 0 Å². The Morgan fingerprint density at radius 2 is 2.22 bits per heavy atom. The molecule has 0 aliphatic heterocycles. The zero-order valence-corrected chi connectivity index (χ0v) is 9.58. The van der Waals surface area contributed by atoms with Crippen LogP contribution in [0.2, 0.25) is 0 Å². The van der Waals surface area contributed by atoms with E-state index in [0.29, 0.717) is 5.56 Å². The number of nitrogens with one attached hydrogen (secondary N) is 1. The molecule has 0 aliphatic rings. The van der Waals surface area contributed by atoms with E-state index >= 15 is 0 Å². The summed E-state index contributed by atoms with van der Waals surface area (Å²) >= 11 is 0. The van der Waals surface area contributed by atoms with Gasteiger partial charge in [-0.25, -0.2) is 9.78 Å². The first-order valence-corrected chi connectivity index (χ1v) is 5.36. The number of rotatable bonds is 2. The molecule has 0 atom stereocenters. The molecule has 18 heavy (non-hydrogen) atoms. The second-order valence-corrected chi connectivity index (χ2v) is 3.97. The Morgan fingerprint density at radius 1 is 1.39 bits per heavy atom. The Balaban J connectivity index is 2.32. The van der Waals surface area contributed by atoms with Gasteiger partial charge < -0.3 is 10.1 Å². The third-order valence-electron chi connectivity index (χ3n) is 2.78. The molecule has 0 spiro atoms. The third-order valence-corrected chi connectivity index (χ3v) is 2.78. The standard InChI is InChI=1S/C12H10N4O2/c1-16-6-9(10(15-16)12(17)18)7-2-4-13-11-8(7)3-5-14-11/h2-6H,1H3,(H,13,14)(H,17,18). The lowest BCUT2D eigenvalue weighted by molar-refractivity contribution is 0.0690. The van der Waals surface area contributed by atoms with Crippen LogP contribution < -0.4 is 0 Å². The molecule has 0 aliphatic carbocycles. The van der Waals surface area contributed by atoms with Crippen molar-refractivity contribution in [2.24, 2.45) is 7.05 Å². The molecule has 0 saturated heterocycles. The van der Waals surface area contributed by atoms with Gasteiger partial charge in [-0.05, 0) is 17.7 Å². The summed E-state index contributed by atoms with van der Waals surface area (Å²) in [5.74, 6) is -1.04. The van der Waals surface area contributed by atoms with E-state index in [1.165, 1.54) is 4.68 Å². The maximum Gasteiger partial charge on any atom is 0.357 e. The molecule has 0 saturated carbocycles. The lowest BCUT2D eigenvalue weighted by Gasteiger charge is -2.00. The molecule has 6 nitrogen and oxygen atoms in total. The Morgan fingerprint density at radius 3 is 3.00 bits per heavy atom. The summed E-state index contributed by atoms with van der Waals surface area (Å²) in [5, 5.41) is 14.0. The normalized spacial score (nSPS) is 10.9. The van der Waals surface area contributed by atoms with Crippen molar-refractivity contribution < 1.29 is 9.90 Å². The first-order chi connectivity index (χ1) is 8.66. The first kappa shape index (κ1) is 10.5. The van der Waals surface area contributed by atoms with Crippen LogP contribution >= 0.6 is 0 Å². The molecule has 2 N–H and O–H groups in total. The second-order valence-electron chi connectivity index (χ2n) is 3.97. The highest BCUT2D eigenvalue weighted by atomic mass is 16.4. The van der Waals surface area contributed by atoms with E-state index < -0.39 is 5.97 Å². The molecule has 0 aromatic carbocycles. The molecular formula is C12H10N4O2. The number of nitrogens with zero attached hydrogens (tertiary/aromatic N) is 3.